The summed E-state index contributed by atoms with van der Waals surface area (Å²) in [4.78, 5) is 15.2. The molecule has 2 N–H and O–H groups in total. The Morgan fingerprint density at radius 2 is 2.11 bits per heavy atom. The second kappa shape index (κ2) is 6.38. The van der Waals surface area contributed by atoms with Gasteiger partial charge in [0, 0.05) is 6.04 Å². The molecular weight excluding hydrogens is 228 g/mol. The molecular formula is C14H22N2O2. The standard InChI is InChI=1S/C14H22N2O2/c1-5-9(2)8-10(3)15-13-7-6-12(14(17)18)11(4)16-13/h6-7,9-10H,5,8H2,1-4H3,(H,15,16)(H,17,18). The van der Waals surface area contributed by atoms with Crippen LogP contribution in [0.3, 0.4) is 0 Å². The molecule has 0 aromatic carbocycles. The van der Waals surface area contributed by atoms with Crippen molar-refractivity contribution < 1.29 is 9.90 Å². The van der Waals surface area contributed by atoms with Crippen LogP contribution in [-0.2, 0) is 0 Å². The Kier molecular flexibility index (Phi) is 5.13. The van der Waals surface area contributed by atoms with E-state index in [1.807, 2.05) is 0 Å². The Labute approximate surface area is 108 Å². The molecule has 0 saturated carbocycles. The lowest BCUT2D eigenvalue weighted by Crippen LogP contribution is -2.19. The molecule has 1 heterocycles. The number of nitrogens with zero attached hydrogens (tertiary/aromatic N) is 1. The third kappa shape index (κ3) is 4.02. The van der Waals surface area contributed by atoms with Gasteiger partial charge >= 0.3 is 5.97 Å². The summed E-state index contributed by atoms with van der Waals surface area (Å²) in [5.41, 5.74) is 0.804. The van der Waals surface area contributed by atoms with Crippen LogP contribution in [-0.4, -0.2) is 22.1 Å². The summed E-state index contributed by atoms with van der Waals surface area (Å²) in [6.45, 7) is 8.24. The van der Waals surface area contributed by atoms with E-state index in [9.17, 15) is 4.79 Å². The molecule has 0 amide bonds. The summed E-state index contributed by atoms with van der Waals surface area (Å²) in [6, 6.07) is 3.66. The first-order valence-corrected chi connectivity index (χ1v) is 6.41. The minimum Gasteiger partial charge on any atom is -0.478 e. The van der Waals surface area contributed by atoms with Crippen LogP contribution in [0.5, 0.6) is 0 Å². The van der Waals surface area contributed by atoms with Crippen molar-refractivity contribution in [3.8, 4) is 0 Å². The molecule has 100 valence electrons. The summed E-state index contributed by atoms with van der Waals surface area (Å²) in [5, 5.41) is 12.2. The quantitative estimate of drug-likeness (QED) is 0.813. The number of aromatic carboxylic acids is 1. The average molecular weight is 250 g/mol. The topological polar surface area (TPSA) is 62.2 Å². The number of pyridine rings is 1. The normalized spacial score (nSPS) is 14.0. The Balaban J connectivity index is 2.68. The van der Waals surface area contributed by atoms with Crippen LogP contribution in [0.15, 0.2) is 12.1 Å². The monoisotopic (exact) mass is 250 g/mol. The maximum Gasteiger partial charge on any atom is 0.337 e. The molecule has 0 bridgehead atoms. The predicted octanol–water partition coefficient (Wildman–Crippen LogP) is 3.32. The highest BCUT2D eigenvalue weighted by molar-refractivity contribution is 5.89. The van der Waals surface area contributed by atoms with E-state index >= 15 is 0 Å². The highest BCUT2D eigenvalue weighted by atomic mass is 16.4. The largest absolute Gasteiger partial charge is 0.478 e. The zero-order valence-electron chi connectivity index (χ0n) is 11.5. The minimum absolute atomic E-state index is 0.259. The molecule has 18 heavy (non-hydrogen) atoms. The van der Waals surface area contributed by atoms with Crippen LogP contribution in [0.2, 0.25) is 0 Å². The van der Waals surface area contributed by atoms with Crippen LogP contribution in [0.25, 0.3) is 0 Å². The maximum atomic E-state index is 10.9. The SMILES string of the molecule is CCC(C)CC(C)Nc1ccc(C(=O)O)c(C)n1. The van der Waals surface area contributed by atoms with Crippen molar-refractivity contribution >= 4 is 11.8 Å². The lowest BCUT2D eigenvalue weighted by Gasteiger charge is -2.18. The lowest BCUT2D eigenvalue weighted by atomic mass is 10.0. The van der Waals surface area contributed by atoms with Crippen molar-refractivity contribution in [2.45, 2.75) is 46.6 Å². The number of carboxylic acid groups (broad SMARTS) is 1. The van der Waals surface area contributed by atoms with Crippen LogP contribution in [0.1, 0.15) is 49.7 Å². The van der Waals surface area contributed by atoms with Crippen molar-refractivity contribution in [3.63, 3.8) is 0 Å². The predicted molar refractivity (Wildman–Crippen MR) is 73.1 cm³/mol. The Morgan fingerprint density at radius 3 is 2.61 bits per heavy atom. The van der Waals surface area contributed by atoms with E-state index in [0.29, 0.717) is 17.7 Å². The fourth-order valence-electron chi connectivity index (χ4n) is 1.95. The fraction of sp³-hybridized carbons (Fsp3) is 0.571. The van der Waals surface area contributed by atoms with Gasteiger partial charge in [-0.1, -0.05) is 20.3 Å². The Morgan fingerprint density at radius 1 is 1.44 bits per heavy atom. The first-order valence-electron chi connectivity index (χ1n) is 6.41. The van der Waals surface area contributed by atoms with Crippen LogP contribution in [0, 0.1) is 12.8 Å². The number of hydrogen-bond donors (Lipinski definition) is 2. The van der Waals surface area contributed by atoms with Gasteiger partial charge in [-0.15, -0.1) is 0 Å². The van der Waals surface area contributed by atoms with Crippen molar-refractivity contribution in [3.05, 3.63) is 23.4 Å². The third-order valence-electron chi connectivity index (χ3n) is 3.16. The van der Waals surface area contributed by atoms with Crippen molar-refractivity contribution in [1.82, 2.24) is 4.98 Å². The molecule has 0 aliphatic rings. The summed E-state index contributed by atoms with van der Waals surface area (Å²) in [6.07, 6.45) is 2.24. The highest BCUT2D eigenvalue weighted by Gasteiger charge is 2.11. The minimum atomic E-state index is -0.931. The third-order valence-corrected chi connectivity index (χ3v) is 3.16. The van der Waals surface area contributed by atoms with Crippen molar-refractivity contribution in [1.29, 1.82) is 0 Å². The summed E-state index contributed by atoms with van der Waals surface area (Å²) >= 11 is 0. The van der Waals surface area contributed by atoms with E-state index in [1.54, 1.807) is 19.1 Å². The first kappa shape index (κ1) is 14.5. The molecule has 2 atom stereocenters. The number of aryl methyl sites for hydroxylation is 1. The molecule has 1 aromatic rings. The lowest BCUT2D eigenvalue weighted by molar-refractivity contribution is 0.0695. The van der Waals surface area contributed by atoms with Crippen LogP contribution < -0.4 is 5.32 Å². The van der Waals surface area contributed by atoms with E-state index in [2.05, 4.69) is 31.1 Å². The van der Waals surface area contributed by atoms with Crippen LogP contribution >= 0.6 is 0 Å². The molecule has 2 unspecified atom stereocenters. The highest BCUT2D eigenvalue weighted by Crippen LogP contribution is 2.15. The Bertz CT molecular complexity index is 418. The van der Waals surface area contributed by atoms with Gasteiger partial charge in [-0.05, 0) is 38.3 Å². The molecule has 0 aliphatic heterocycles. The van der Waals surface area contributed by atoms with Gasteiger partial charge in [-0.25, -0.2) is 9.78 Å². The maximum absolute atomic E-state index is 10.9. The van der Waals surface area contributed by atoms with Crippen molar-refractivity contribution in [2.24, 2.45) is 5.92 Å². The summed E-state index contributed by atoms with van der Waals surface area (Å²) in [5.74, 6) is 0.486. The number of rotatable bonds is 6. The van der Waals surface area contributed by atoms with Gasteiger partial charge in [0.2, 0.25) is 0 Å². The molecule has 0 aliphatic carbocycles. The van der Waals surface area contributed by atoms with E-state index in [-0.39, 0.29) is 5.56 Å². The number of aromatic nitrogens is 1. The Hall–Kier alpha value is -1.58. The molecule has 4 heteroatoms. The van der Waals surface area contributed by atoms with E-state index in [1.165, 1.54) is 0 Å². The van der Waals surface area contributed by atoms with Crippen molar-refractivity contribution in [2.75, 3.05) is 5.32 Å². The fourth-order valence-corrected chi connectivity index (χ4v) is 1.95. The molecule has 4 nitrogen and oxygen atoms in total. The molecule has 1 aromatic heterocycles. The number of anilines is 1. The summed E-state index contributed by atoms with van der Waals surface area (Å²) in [7, 11) is 0. The van der Waals surface area contributed by atoms with Gasteiger partial charge in [0.05, 0.1) is 11.3 Å². The number of carboxylic acids is 1. The molecule has 0 spiro atoms. The van der Waals surface area contributed by atoms with Gasteiger partial charge in [-0.2, -0.15) is 0 Å². The van der Waals surface area contributed by atoms with E-state index < -0.39 is 5.97 Å². The second-order valence-corrected chi connectivity index (χ2v) is 4.93. The van der Waals surface area contributed by atoms with Crippen LogP contribution in [0.4, 0.5) is 5.82 Å². The van der Waals surface area contributed by atoms with Gasteiger partial charge in [0.15, 0.2) is 0 Å². The molecule has 1 rings (SSSR count). The zero-order chi connectivity index (χ0) is 13.7. The van der Waals surface area contributed by atoms with Gasteiger partial charge in [-0.3, -0.25) is 0 Å². The van der Waals surface area contributed by atoms with Gasteiger partial charge in [0.1, 0.15) is 5.82 Å². The number of nitrogens with one attached hydrogen (secondary N) is 1. The number of carbonyl (C=O) groups is 1. The summed E-state index contributed by atoms with van der Waals surface area (Å²) < 4.78 is 0. The number of hydrogen-bond acceptors (Lipinski definition) is 3. The van der Waals surface area contributed by atoms with Gasteiger partial charge < -0.3 is 10.4 Å². The van der Waals surface area contributed by atoms with E-state index in [4.69, 9.17) is 5.11 Å². The zero-order valence-corrected chi connectivity index (χ0v) is 11.5. The first-order chi connectivity index (χ1) is 8.43. The molecule has 0 fully saturated rings. The molecule has 0 radical (unpaired) electrons. The molecule has 0 saturated heterocycles. The average Bonchev–Trinajstić information content (AvgIpc) is 2.28. The van der Waals surface area contributed by atoms with Gasteiger partial charge in [0.25, 0.3) is 0 Å². The van der Waals surface area contributed by atoms with E-state index in [0.717, 1.165) is 18.7 Å². The smallest absolute Gasteiger partial charge is 0.337 e. The second-order valence-electron chi connectivity index (χ2n) is 4.93.